The SMILES string of the molecule is CN(C)CCNc1nc2c(cnn2C(C)(C)C)c(=O)[nH]1. The third-order valence-electron chi connectivity index (χ3n) is 2.92. The summed E-state index contributed by atoms with van der Waals surface area (Å²) in [7, 11) is 3.99. The van der Waals surface area contributed by atoms with Crippen molar-refractivity contribution in [3.8, 4) is 0 Å². The van der Waals surface area contributed by atoms with Crippen molar-refractivity contribution in [2.45, 2.75) is 26.3 Å². The van der Waals surface area contributed by atoms with Gasteiger partial charge >= 0.3 is 0 Å². The highest BCUT2D eigenvalue weighted by atomic mass is 16.1. The van der Waals surface area contributed by atoms with Crippen molar-refractivity contribution in [2.24, 2.45) is 0 Å². The van der Waals surface area contributed by atoms with Gasteiger partial charge in [-0.3, -0.25) is 9.78 Å². The fourth-order valence-corrected chi connectivity index (χ4v) is 1.89. The summed E-state index contributed by atoms with van der Waals surface area (Å²) in [5.41, 5.74) is 0.218. The Morgan fingerprint density at radius 1 is 1.40 bits per heavy atom. The number of hydrogen-bond donors (Lipinski definition) is 2. The lowest BCUT2D eigenvalue weighted by Crippen LogP contribution is -2.25. The Morgan fingerprint density at radius 3 is 2.70 bits per heavy atom. The molecule has 2 rings (SSSR count). The predicted octanol–water partition coefficient (Wildman–Crippen LogP) is 0.848. The molecule has 2 heterocycles. The fourth-order valence-electron chi connectivity index (χ4n) is 1.89. The number of rotatable bonds is 4. The standard InChI is InChI=1S/C13H22N6O/c1-13(2,3)19-10-9(8-15-19)11(20)17-12(16-10)14-6-7-18(4)5/h8H,6-7H2,1-5H3,(H2,14,16,17,20). The Balaban J connectivity index is 2.37. The lowest BCUT2D eigenvalue weighted by molar-refractivity contribution is 0.366. The van der Waals surface area contributed by atoms with E-state index in [1.54, 1.807) is 10.9 Å². The molecule has 0 saturated carbocycles. The van der Waals surface area contributed by atoms with Gasteiger partial charge in [0.25, 0.3) is 5.56 Å². The molecule has 0 aliphatic rings. The molecule has 0 saturated heterocycles. The van der Waals surface area contributed by atoms with Crippen molar-refractivity contribution < 1.29 is 0 Å². The highest BCUT2D eigenvalue weighted by Crippen LogP contribution is 2.18. The largest absolute Gasteiger partial charge is 0.354 e. The number of fused-ring (bicyclic) bond motifs is 1. The molecule has 2 aromatic heterocycles. The number of hydrogen-bond acceptors (Lipinski definition) is 5. The first-order chi connectivity index (χ1) is 9.29. The molecule has 0 aliphatic heterocycles. The van der Waals surface area contributed by atoms with E-state index in [1.165, 1.54) is 0 Å². The van der Waals surface area contributed by atoms with Crippen LogP contribution < -0.4 is 10.9 Å². The van der Waals surface area contributed by atoms with Crippen LogP contribution >= 0.6 is 0 Å². The van der Waals surface area contributed by atoms with Crippen molar-refractivity contribution in [1.29, 1.82) is 0 Å². The van der Waals surface area contributed by atoms with Gasteiger partial charge in [-0.2, -0.15) is 10.1 Å². The predicted molar refractivity (Wildman–Crippen MR) is 80.2 cm³/mol. The van der Waals surface area contributed by atoms with Crippen molar-refractivity contribution in [3.05, 3.63) is 16.6 Å². The first kappa shape index (κ1) is 14.5. The molecule has 0 atom stereocenters. The first-order valence-corrected chi connectivity index (χ1v) is 6.66. The molecule has 110 valence electrons. The third kappa shape index (κ3) is 2.98. The maximum atomic E-state index is 12.0. The van der Waals surface area contributed by atoms with Crippen LogP contribution in [-0.4, -0.2) is 51.8 Å². The summed E-state index contributed by atoms with van der Waals surface area (Å²) in [5.74, 6) is 0.482. The van der Waals surface area contributed by atoms with E-state index in [0.717, 1.165) is 6.54 Å². The van der Waals surface area contributed by atoms with Crippen molar-refractivity contribution in [2.75, 3.05) is 32.5 Å². The average molecular weight is 278 g/mol. The number of aromatic amines is 1. The van der Waals surface area contributed by atoms with Gasteiger partial charge in [-0.25, -0.2) is 4.68 Å². The first-order valence-electron chi connectivity index (χ1n) is 6.66. The minimum absolute atomic E-state index is 0.169. The van der Waals surface area contributed by atoms with E-state index < -0.39 is 0 Å². The maximum absolute atomic E-state index is 12.0. The van der Waals surface area contributed by atoms with Crippen molar-refractivity contribution in [3.63, 3.8) is 0 Å². The number of aromatic nitrogens is 4. The van der Waals surface area contributed by atoms with Gasteiger partial charge in [0.05, 0.1) is 11.7 Å². The summed E-state index contributed by atoms with van der Waals surface area (Å²) in [6, 6.07) is 0. The third-order valence-corrected chi connectivity index (χ3v) is 2.92. The van der Waals surface area contributed by atoms with Crippen molar-refractivity contribution >= 4 is 17.0 Å². The van der Waals surface area contributed by atoms with E-state index in [1.807, 2.05) is 34.9 Å². The van der Waals surface area contributed by atoms with Gasteiger partial charge < -0.3 is 10.2 Å². The average Bonchev–Trinajstić information content (AvgIpc) is 2.72. The summed E-state index contributed by atoms with van der Waals surface area (Å²) in [6.07, 6.45) is 1.57. The van der Waals surface area contributed by atoms with E-state index in [0.29, 0.717) is 23.5 Å². The van der Waals surface area contributed by atoms with Crippen LogP contribution in [0, 0.1) is 0 Å². The quantitative estimate of drug-likeness (QED) is 0.866. The topological polar surface area (TPSA) is 78.8 Å². The Hall–Kier alpha value is -1.89. The summed E-state index contributed by atoms with van der Waals surface area (Å²) in [4.78, 5) is 21.3. The Bertz CT molecular complexity index is 649. The van der Waals surface area contributed by atoms with E-state index in [4.69, 9.17) is 0 Å². The molecule has 0 aromatic carbocycles. The molecule has 2 aromatic rings. The van der Waals surface area contributed by atoms with Crippen LogP contribution in [0.15, 0.2) is 11.0 Å². The number of likely N-dealkylation sites (N-methyl/N-ethyl adjacent to an activating group) is 1. The van der Waals surface area contributed by atoms with Crippen molar-refractivity contribution in [1.82, 2.24) is 24.6 Å². The van der Waals surface area contributed by atoms with Crippen LogP contribution in [0.1, 0.15) is 20.8 Å². The van der Waals surface area contributed by atoms with Gasteiger partial charge in [0, 0.05) is 13.1 Å². The van der Waals surface area contributed by atoms with Gasteiger partial charge in [-0.05, 0) is 34.9 Å². The zero-order valence-electron chi connectivity index (χ0n) is 12.7. The van der Waals surface area contributed by atoms with E-state index in [9.17, 15) is 4.79 Å². The van der Waals surface area contributed by atoms with Gasteiger partial charge in [0.15, 0.2) is 5.65 Å². The molecule has 0 amide bonds. The molecule has 0 fully saturated rings. The summed E-state index contributed by atoms with van der Waals surface area (Å²) in [5, 5.41) is 7.92. The number of nitrogens with zero attached hydrogens (tertiary/aromatic N) is 4. The van der Waals surface area contributed by atoms with E-state index in [2.05, 4.69) is 25.3 Å². The van der Waals surface area contributed by atoms with Gasteiger partial charge in [0.2, 0.25) is 5.95 Å². The molecule has 0 bridgehead atoms. The van der Waals surface area contributed by atoms with E-state index in [-0.39, 0.29) is 11.1 Å². The number of anilines is 1. The Morgan fingerprint density at radius 2 is 2.10 bits per heavy atom. The van der Waals surface area contributed by atoms with E-state index >= 15 is 0 Å². The highest BCUT2D eigenvalue weighted by molar-refractivity contribution is 5.74. The molecule has 20 heavy (non-hydrogen) atoms. The monoisotopic (exact) mass is 278 g/mol. The maximum Gasteiger partial charge on any atom is 0.263 e. The summed E-state index contributed by atoms with van der Waals surface area (Å²) in [6.45, 7) is 7.66. The molecular weight excluding hydrogens is 256 g/mol. The van der Waals surface area contributed by atoms with Crippen LogP contribution in [0.25, 0.3) is 11.0 Å². The molecule has 7 heteroatoms. The van der Waals surface area contributed by atoms with Crippen LogP contribution in [0.4, 0.5) is 5.95 Å². The lowest BCUT2D eigenvalue weighted by Gasteiger charge is -2.19. The molecule has 7 nitrogen and oxygen atoms in total. The second kappa shape index (κ2) is 5.24. The van der Waals surface area contributed by atoms with Gasteiger partial charge in [0.1, 0.15) is 5.39 Å². The zero-order valence-corrected chi connectivity index (χ0v) is 12.7. The van der Waals surface area contributed by atoms with Crippen LogP contribution in [0.2, 0.25) is 0 Å². The molecule has 0 aliphatic carbocycles. The van der Waals surface area contributed by atoms with Gasteiger partial charge in [-0.15, -0.1) is 0 Å². The Kier molecular flexibility index (Phi) is 3.80. The minimum atomic E-state index is -0.219. The molecular formula is C13H22N6O. The van der Waals surface area contributed by atoms with Crippen LogP contribution in [0.5, 0.6) is 0 Å². The summed E-state index contributed by atoms with van der Waals surface area (Å²) >= 11 is 0. The molecule has 0 radical (unpaired) electrons. The van der Waals surface area contributed by atoms with Crippen LogP contribution in [0.3, 0.4) is 0 Å². The Labute approximate surface area is 118 Å². The number of nitrogens with one attached hydrogen (secondary N) is 2. The van der Waals surface area contributed by atoms with Gasteiger partial charge in [-0.1, -0.05) is 0 Å². The molecule has 0 unspecified atom stereocenters. The molecule has 2 N–H and O–H groups in total. The second-order valence-corrected chi connectivity index (χ2v) is 6.11. The second-order valence-electron chi connectivity index (χ2n) is 6.11. The van der Waals surface area contributed by atoms with Crippen LogP contribution in [-0.2, 0) is 5.54 Å². The minimum Gasteiger partial charge on any atom is -0.354 e. The normalized spacial score (nSPS) is 12.3. The smallest absolute Gasteiger partial charge is 0.263 e. The lowest BCUT2D eigenvalue weighted by atomic mass is 10.1. The number of H-pyrrole nitrogens is 1. The fraction of sp³-hybridized carbons (Fsp3) is 0.615. The summed E-state index contributed by atoms with van der Waals surface area (Å²) < 4.78 is 1.77. The zero-order chi connectivity index (χ0) is 14.9. The molecule has 0 spiro atoms. The highest BCUT2D eigenvalue weighted by Gasteiger charge is 2.19.